The fourth-order valence-corrected chi connectivity index (χ4v) is 12.8. The molecule has 0 bridgehead atoms. The van der Waals surface area contributed by atoms with E-state index in [0.717, 1.165) is 38.5 Å². The van der Waals surface area contributed by atoms with Gasteiger partial charge in [-0.2, -0.15) is 0 Å². The van der Waals surface area contributed by atoms with Crippen LogP contribution in [0.2, 0.25) is 0 Å². The van der Waals surface area contributed by atoms with Crippen LogP contribution >= 0.6 is 0 Å². The first-order valence-electron chi connectivity index (χ1n) is 38.7. The molecule has 1 amide bonds. The molecule has 0 aromatic heterocycles. The number of hydrogen-bond acceptors (Lipinski definition) is 10. The number of nitrogens with one attached hydrogen (secondary N) is 1. The largest absolute Gasteiger partial charge is 0.394 e. The minimum atomic E-state index is -1.67. The molecule has 11 nitrogen and oxygen atoms in total. The number of carbonyl (C=O) groups excluding carboxylic acids is 1. The summed E-state index contributed by atoms with van der Waals surface area (Å²) in [4.78, 5) is 13.3. The predicted octanol–water partition coefficient (Wildman–Crippen LogP) is 19.5. The molecule has 1 saturated heterocycles. The maximum atomic E-state index is 13.3. The average Bonchev–Trinajstić information content (AvgIpc) is 3.73. The van der Waals surface area contributed by atoms with E-state index in [9.17, 15) is 40.5 Å². The van der Waals surface area contributed by atoms with Crippen molar-refractivity contribution in [2.75, 3.05) is 13.2 Å². The van der Waals surface area contributed by atoms with Gasteiger partial charge in [-0.3, -0.25) is 4.79 Å². The Labute approximate surface area is 544 Å². The van der Waals surface area contributed by atoms with Gasteiger partial charge in [-0.05, 0) is 51.4 Å². The quantitative estimate of drug-likeness (QED) is 0.0215. The van der Waals surface area contributed by atoms with Crippen LogP contribution in [0.25, 0.3) is 0 Å². The molecule has 522 valence electrons. The van der Waals surface area contributed by atoms with Gasteiger partial charge in [0.15, 0.2) is 6.29 Å². The molecule has 0 radical (unpaired) electrons. The molecule has 1 aliphatic heterocycles. The number of allylic oxidation sites excluding steroid dienone is 4. The minimum Gasteiger partial charge on any atom is -0.394 e. The SMILES string of the molecule is CCCCCCCCCCCCCCCCCCCCCCCCC/C=C/CC/C=C/CCCC(O)C(O)C(COC1OC(CO)C(O)C(O)C1O)NC(=O)C(O)CCCCCCCCCCCCCCCCCCCCCCCCCCCCCCC. The average molecular weight is 1250 g/mol. The van der Waals surface area contributed by atoms with Crippen LogP contribution in [-0.4, -0.2) is 110 Å². The summed E-state index contributed by atoms with van der Waals surface area (Å²) in [7, 11) is 0. The lowest BCUT2D eigenvalue weighted by molar-refractivity contribution is -0.303. The van der Waals surface area contributed by atoms with Crippen molar-refractivity contribution in [1.29, 1.82) is 0 Å². The van der Waals surface area contributed by atoms with Crippen molar-refractivity contribution in [3.8, 4) is 0 Å². The molecule has 1 fully saturated rings. The molecule has 8 N–H and O–H groups in total. The maximum Gasteiger partial charge on any atom is 0.249 e. The lowest BCUT2D eigenvalue weighted by Gasteiger charge is -2.40. The van der Waals surface area contributed by atoms with Crippen molar-refractivity contribution >= 4 is 5.91 Å². The lowest BCUT2D eigenvalue weighted by atomic mass is 9.98. The summed E-state index contributed by atoms with van der Waals surface area (Å²) in [5.41, 5.74) is 0. The van der Waals surface area contributed by atoms with Crippen LogP contribution in [0.5, 0.6) is 0 Å². The van der Waals surface area contributed by atoms with E-state index in [4.69, 9.17) is 9.47 Å². The molecule has 1 heterocycles. The summed E-state index contributed by atoms with van der Waals surface area (Å²) in [6.07, 6.45) is 73.0. The third kappa shape index (κ3) is 52.0. The van der Waals surface area contributed by atoms with Crippen molar-refractivity contribution in [2.24, 2.45) is 0 Å². The summed E-state index contributed by atoms with van der Waals surface area (Å²) in [6, 6.07) is -1.19. The van der Waals surface area contributed by atoms with Crippen molar-refractivity contribution in [1.82, 2.24) is 5.32 Å². The van der Waals surface area contributed by atoms with E-state index in [-0.39, 0.29) is 12.8 Å². The van der Waals surface area contributed by atoms with E-state index < -0.39 is 74.2 Å². The van der Waals surface area contributed by atoms with Gasteiger partial charge in [0, 0.05) is 0 Å². The molecule has 1 rings (SSSR count). The summed E-state index contributed by atoms with van der Waals surface area (Å²) in [5.74, 6) is -0.702. The van der Waals surface area contributed by atoms with E-state index in [1.165, 1.54) is 308 Å². The third-order valence-electron chi connectivity index (χ3n) is 19.0. The zero-order valence-corrected chi connectivity index (χ0v) is 58.0. The molecule has 9 unspecified atom stereocenters. The van der Waals surface area contributed by atoms with Crippen molar-refractivity contribution in [3.63, 3.8) is 0 Å². The second kappa shape index (κ2) is 65.6. The van der Waals surface area contributed by atoms with E-state index in [1.54, 1.807) is 0 Å². The number of amides is 1. The van der Waals surface area contributed by atoms with Gasteiger partial charge in [-0.1, -0.05) is 366 Å². The van der Waals surface area contributed by atoms with Gasteiger partial charge in [-0.15, -0.1) is 0 Å². The third-order valence-corrected chi connectivity index (χ3v) is 19.0. The first-order valence-corrected chi connectivity index (χ1v) is 38.7. The highest BCUT2D eigenvalue weighted by Crippen LogP contribution is 2.24. The van der Waals surface area contributed by atoms with E-state index in [1.807, 2.05) is 0 Å². The number of unbranched alkanes of at least 4 members (excludes halogenated alkanes) is 53. The van der Waals surface area contributed by atoms with E-state index >= 15 is 0 Å². The van der Waals surface area contributed by atoms with Gasteiger partial charge in [0.2, 0.25) is 5.91 Å². The summed E-state index contributed by atoms with van der Waals surface area (Å²) in [5, 5.41) is 76.6. The number of ether oxygens (including phenoxy) is 2. The van der Waals surface area contributed by atoms with Crippen LogP contribution in [0.1, 0.15) is 393 Å². The number of hydrogen-bond donors (Lipinski definition) is 8. The number of carbonyl (C=O) groups is 1. The highest BCUT2D eigenvalue weighted by molar-refractivity contribution is 5.80. The Morgan fingerprint density at radius 3 is 1.01 bits per heavy atom. The van der Waals surface area contributed by atoms with Crippen LogP contribution in [0.15, 0.2) is 24.3 Å². The standard InChI is InChI=1S/C77H149NO10/c1-3-5-7-9-11-13-15-17-19-21-23-25-27-29-31-33-34-35-37-38-40-42-44-46-48-50-52-54-56-58-60-62-64-69(80)72(82)68(67-87-77-75(85)74(84)73(83)71(66-79)88-77)78-76(86)70(81)65-63-61-59-57-55-53-51-49-47-45-43-41-39-36-32-30-28-26-24-22-20-18-16-14-12-10-8-6-4-2/h48,50,56,58,68-75,77,79-85H,3-47,49,51-55,57,59-67H2,1-2H3,(H,78,86)/b50-48+,58-56+. The Morgan fingerprint density at radius 1 is 0.386 bits per heavy atom. The molecule has 88 heavy (non-hydrogen) atoms. The van der Waals surface area contributed by atoms with Crippen LogP contribution in [-0.2, 0) is 14.3 Å². The smallest absolute Gasteiger partial charge is 0.249 e. The van der Waals surface area contributed by atoms with Gasteiger partial charge >= 0.3 is 0 Å². The second-order valence-electron chi connectivity index (χ2n) is 27.4. The molecule has 0 aromatic rings. The number of rotatable bonds is 69. The Morgan fingerprint density at radius 2 is 0.682 bits per heavy atom. The summed E-state index contributed by atoms with van der Waals surface area (Å²) >= 11 is 0. The fraction of sp³-hybridized carbons (Fsp3) is 0.935. The Balaban J connectivity index is 2.17. The zero-order valence-electron chi connectivity index (χ0n) is 58.0. The van der Waals surface area contributed by atoms with Gasteiger partial charge in [0.25, 0.3) is 0 Å². The first kappa shape index (κ1) is 84.6. The minimum absolute atomic E-state index is 0.250. The van der Waals surface area contributed by atoms with Crippen LogP contribution in [0.4, 0.5) is 0 Å². The maximum absolute atomic E-state index is 13.3. The fourth-order valence-electron chi connectivity index (χ4n) is 12.8. The monoisotopic (exact) mass is 1250 g/mol. The zero-order chi connectivity index (χ0) is 63.9. The van der Waals surface area contributed by atoms with Crippen molar-refractivity contribution in [3.05, 3.63) is 24.3 Å². The van der Waals surface area contributed by atoms with Gasteiger partial charge in [-0.25, -0.2) is 0 Å². The Hall–Kier alpha value is -1.41. The molecular weight excluding hydrogens is 1100 g/mol. The van der Waals surface area contributed by atoms with Crippen molar-refractivity contribution < 1.29 is 50.0 Å². The Kier molecular flexibility index (Phi) is 63.1. The van der Waals surface area contributed by atoms with Crippen LogP contribution < -0.4 is 5.32 Å². The van der Waals surface area contributed by atoms with Crippen LogP contribution in [0, 0.1) is 0 Å². The molecule has 0 aliphatic carbocycles. The van der Waals surface area contributed by atoms with Gasteiger partial charge < -0.3 is 50.5 Å². The van der Waals surface area contributed by atoms with E-state index in [0.29, 0.717) is 19.3 Å². The number of aliphatic hydroxyl groups excluding tert-OH is 7. The summed E-state index contributed by atoms with van der Waals surface area (Å²) < 4.78 is 11.2. The van der Waals surface area contributed by atoms with Gasteiger partial charge in [0.1, 0.15) is 36.6 Å². The van der Waals surface area contributed by atoms with Crippen LogP contribution in [0.3, 0.4) is 0 Å². The highest BCUT2D eigenvalue weighted by atomic mass is 16.7. The van der Waals surface area contributed by atoms with E-state index in [2.05, 4.69) is 43.5 Å². The normalized spacial score (nSPS) is 18.7. The highest BCUT2D eigenvalue weighted by Gasteiger charge is 2.44. The Bertz CT molecular complexity index is 1480. The second-order valence-corrected chi connectivity index (χ2v) is 27.4. The van der Waals surface area contributed by atoms with Crippen molar-refractivity contribution in [2.45, 2.75) is 448 Å². The molecule has 0 saturated carbocycles. The lowest BCUT2D eigenvalue weighted by Crippen LogP contribution is -2.60. The summed E-state index contributed by atoms with van der Waals surface area (Å²) in [6.45, 7) is 3.51. The molecule has 1 aliphatic rings. The number of aliphatic hydroxyl groups is 7. The molecule has 0 spiro atoms. The molecule has 9 atom stereocenters. The molecular formula is C77H149NO10. The predicted molar refractivity (Wildman–Crippen MR) is 372 cm³/mol. The molecule has 0 aromatic carbocycles. The van der Waals surface area contributed by atoms with Gasteiger partial charge in [0.05, 0.1) is 25.4 Å². The first-order chi connectivity index (χ1) is 43.2. The topological polar surface area (TPSA) is 189 Å². The molecule has 11 heteroatoms.